The Kier molecular flexibility index (Phi) is 10.4. The van der Waals surface area contributed by atoms with Crippen LogP contribution in [0.4, 0.5) is 10.5 Å². The number of ether oxygens (including phenoxy) is 1. The van der Waals surface area contributed by atoms with E-state index in [2.05, 4.69) is 11.4 Å². The van der Waals surface area contributed by atoms with Gasteiger partial charge in [0.15, 0.2) is 0 Å². The molecular formula is C36H47ClN4O5. The van der Waals surface area contributed by atoms with Crippen molar-refractivity contribution in [2.75, 3.05) is 51.3 Å². The highest BCUT2D eigenvalue weighted by atomic mass is 35.5. The molecule has 3 fully saturated rings. The topological polar surface area (TPSA) is 102 Å². The second-order valence-electron chi connectivity index (χ2n) is 13.6. The maximum Gasteiger partial charge on any atom is 0.322 e. The lowest BCUT2D eigenvalue weighted by Crippen LogP contribution is -2.50. The Morgan fingerprint density at radius 1 is 0.957 bits per heavy atom. The predicted molar refractivity (Wildman–Crippen MR) is 178 cm³/mol. The zero-order valence-electron chi connectivity index (χ0n) is 26.9. The third kappa shape index (κ3) is 7.46. The van der Waals surface area contributed by atoms with E-state index in [1.165, 1.54) is 0 Å². The number of phenols is 1. The summed E-state index contributed by atoms with van der Waals surface area (Å²) in [6.07, 6.45) is 6.91. The Morgan fingerprint density at radius 3 is 2.35 bits per heavy atom. The van der Waals surface area contributed by atoms with Crippen molar-refractivity contribution in [1.29, 1.82) is 0 Å². The molecule has 0 unspecified atom stereocenters. The first-order valence-electron chi connectivity index (χ1n) is 17.0. The van der Waals surface area contributed by atoms with Gasteiger partial charge in [0.1, 0.15) is 5.75 Å². The maximum absolute atomic E-state index is 14.1. The third-order valence-corrected chi connectivity index (χ3v) is 11.0. The van der Waals surface area contributed by atoms with Crippen LogP contribution in [0.25, 0.3) is 0 Å². The first-order chi connectivity index (χ1) is 22.3. The van der Waals surface area contributed by atoms with Crippen molar-refractivity contribution in [2.24, 2.45) is 17.8 Å². The number of para-hydroxylation sites is 1. The van der Waals surface area contributed by atoms with Crippen LogP contribution < -0.4 is 5.32 Å². The number of phenolic OH excluding ortho intramolecular Hbond substituents is 1. The van der Waals surface area contributed by atoms with Gasteiger partial charge in [-0.25, -0.2) is 4.79 Å². The van der Waals surface area contributed by atoms with E-state index in [0.29, 0.717) is 69.4 Å². The second kappa shape index (κ2) is 14.6. The smallest absolute Gasteiger partial charge is 0.322 e. The third-order valence-electron chi connectivity index (χ3n) is 10.7. The standard InChI is InChI=1S/C36H47ClN4O5/c1-24-20-25(22-31(37)34(24)43)21-29(35(44)40-13-6-26(7-14-40)27-11-18-46-19-12-27)23-33(42)39-15-9-30(10-16-39)41-17-8-28-4-2-3-5-32(28)38-36(41)45/h2-5,20,22,26-27,29-30,43H,6-19,21,23H2,1H3,(H,38,45)/t29-/m0/s1. The van der Waals surface area contributed by atoms with Crippen LogP contribution >= 0.6 is 11.6 Å². The van der Waals surface area contributed by atoms with E-state index < -0.39 is 5.92 Å². The molecule has 9 nitrogen and oxygen atoms in total. The van der Waals surface area contributed by atoms with Crippen LogP contribution in [-0.2, 0) is 27.2 Å². The molecule has 4 amide bonds. The fourth-order valence-corrected chi connectivity index (χ4v) is 8.29. The van der Waals surface area contributed by atoms with E-state index in [0.717, 1.165) is 62.1 Å². The van der Waals surface area contributed by atoms with Gasteiger partial charge in [-0.15, -0.1) is 0 Å². The van der Waals surface area contributed by atoms with Crippen LogP contribution in [0.15, 0.2) is 36.4 Å². The van der Waals surface area contributed by atoms with E-state index in [1.54, 1.807) is 13.0 Å². The zero-order valence-corrected chi connectivity index (χ0v) is 27.6. The average molecular weight is 651 g/mol. The molecule has 2 aromatic carbocycles. The quantitative estimate of drug-likeness (QED) is 0.403. The minimum atomic E-state index is -0.514. The number of nitrogens with zero attached hydrogens (tertiary/aromatic N) is 3. The monoisotopic (exact) mass is 650 g/mol. The number of carbonyl (C=O) groups is 3. The number of piperidine rings is 2. The van der Waals surface area contributed by atoms with Crippen LogP contribution in [0.3, 0.4) is 0 Å². The highest BCUT2D eigenvalue weighted by molar-refractivity contribution is 6.32. The van der Waals surface area contributed by atoms with E-state index in [-0.39, 0.29) is 41.1 Å². The van der Waals surface area contributed by atoms with Gasteiger partial charge >= 0.3 is 6.03 Å². The second-order valence-corrected chi connectivity index (χ2v) is 14.0. The van der Waals surface area contributed by atoms with Crippen LogP contribution in [0, 0.1) is 24.7 Å². The number of aromatic hydroxyl groups is 1. The molecule has 3 saturated heterocycles. The summed E-state index contributed by atoms with van der Waals surface area (Å²) >= 11 is 6.31. The maximum atomic E-state index is 14.1. The largest absolute Gasteiger partial charge is 0.506 e. The fraction of sp³-hybridized carbons (Fsp3) is 0.583. The molecule has 1 atom stereocenters. The molecule has 46 heavy (non-hydrogen) atoms. The van der Waals surface area contributed by atoms with Gasteiger partial charge in [0, 0.05) is 64.1 Å². The van der Waals surface area contributed by atoms with Crippen molar-refractivity contribution in [3.05, 3.63) is 58.1 Å². The molecule has 4 heterocycles. The van der Waals surface area contributed by atoms with Crippen LogP contribution in [-0.4, -0.2) is 89.6 Å². The Hall–Kier alpha value is -3.30. The summed E-state index contributed by atoms with van der Waals surface area (Å²) in [5, 5.41) is 13.5. The lowest BCUT2D eigenvalue weighted by atomic mass is 9.79. The lowest BCUT2D eigenvalue weighted by Gasteiger charge is -2.39. The van der Waals surface area contributed by atoms with Crippen LogP contribution in [0.5, 0.6) is 5.75 Å². The van der Waals surface area contributed by atoms with Crippen molar-refractivity contribution < 1.29 is 24.2 Å². The number of aryl methyl sites for hydroxylation is 1. The number of likely N-dealkylation sites (tertiary alicyclic amines) is 2. The van der Waals surface area contributed by atoms with Crippen LogP contribution in [0.1, 0.15) is 61.6 Å². The molecule has 10 heteroatoms. The Bertz CT molecular complexity index is 1390. The molecule has 2 N–H and O–H groups in total. The van der Waals surface area contributed by atoms with E-state index in [1.807, 2.05) is 39.0 Å². The number of fused-ring (bicyclic) bond motifs is 1. The molecule has 0 spiro atoms. The molecule has 4 aliphatic rings. The summed E-state index contributed by atoms with van der Waals surface area (Å²) < 4.78 is 5.56. The summed E-state index contributed by atoms with van der Waals surface area (Å²) in [7, 11) is 0. The number of hydrogen-bond donors (Lipinski definition) is 2. The number of benzene rings is 2. The summed E-state index contributed by atoms with van der Waals surface area (Å²) in [4.78, 5) is 46.7. The normalized spacial score (nSPS) is 21.0. The molecule has 6 rings (SSSR count). The highest BCUT2D eigenvalue weighted by Gasteiger charge is 2.36. The molecule has 0 saturated carbocycles. The number of carbonyl (C=O) groups excluding carboxylic acids is 3. The Labute approximate surface area is 277 Å². The summed E-state index contributed by atoms with van der Waals surface area (Å²) in [5.41, 5.74) is 3.51. The lowest BCUT2D eigenvalue weighted by molar-refractivity contribution is -0.143. The highest BCUT2D eigenvalue weighted by Crippen LogP contribution is 2.34. The Balaban J connectivity index is 1.09. The van der Waals surface area contributed by atoms with Gasteiger partial charge in [0.05, 0.1) is 10.9 Å². The van der Waals surface area contributed by atoms with Crippen molar-refractivity contribution in [3.63, 3.8) is 0 Å². The number of amides is 4. The SMILES string of the molecule is Cc1cc(C[C@@H](CC(=O)N2CCC(N3CCc4ccccc4NC3=O)CC2)C(=O)N2CCC(C3CCOCC3)CC2)cc(Cl)c1O. The molecule has 0 aliphatic carbocycles. The summed E-state index contributed by atoms with van der Waals surface area (Å²) in [6, 6.07) is 11.5. The summed E-state index contributed by atoms with van der Waals surface area (Å²) in [6.45, 7) is 6.66. The molecular weight excluding hydrogens is 604 g/mol. The minimum Gasteiger partial charge on any atom is -0.506 e. The van der Waals surface area contributed by atoms with E-state index in [9.17, 15) is 19.5 Å². The van der Waals surface area contributed by atoms with Gasteiger partial charge in [-0.2, -0.15) is 0 Å². The van der Waals surface area contributed by atoms with Gasteiger partial charge in [-0.1, -0.05) is 35.9 Å². The molecule has 2 aromatic rings. The number of urea groups is 1. The summed E-state index contributed by atoms with van der Waals surface area (Å²) in [5.74, 6) is 0.820. The van der Waals surface area contributed by atoms with Crippen LogP contribution in [0.2, 0.25) is 5.02 Å². The first kappa shape index (κ1) is 32.6. The predicted octanol–water partition coefficient (Wildman–Crippen LogP) is 5.65. The molecule has 0 bridgehead atoms. The molecule has 0 radical (unpaired) electrons. The molecule has 4 aliphatic heterocycles. The van der Waals surface area contributed by atoms with Gasteiger partial charge in [-0.3, -0.25) is 9.59 Å². The average Bonchev–Trinajstić information content (AvgIpc) is 3.25. The van der Waals surface area contributed by atoms with Gasteiger partial charge in [-0.05, 0) is 98.9 Å². The number of hydrogen-bond acceptors (Lipinski definition) is 5. The van der Waals surface area contributed by atoms with Gasteiger partial charge in [0.25, 0.3) is 0 Å². The van der Waals surface area contributed by atoms with E-state index in [4.69, 9.17) is 16.3 Å². The first-order valence-corrected chi connectivity index (χ1v) is 17.4. The number of rotatable bonds is 7. The van der Waals surface area contributed by atoms with E-state index >= 15 is 0 Å². The van der Waals surface area contributed by atoms with Gasteiger partial charge in [0.2, 0.25) is 11.8 Å². The number of anilines is 1. The Morgan fingerprint density at radius 2 is 1.63 bits per heavy atom. The fourth-order valence-electron chi connectivity index (χ4n) is 8.00. The zero-order chi connectivity index (χ0) is 32.2. The van der Waals surface area contributed by atoms with Crippen molar-refractivity contribution >= 4 is 35.1 Å². The van der Waals surface area contributed by atoms with Crippen molar-refractivity contribution in [2.45, 2.75) is 70.8 Å². The molecule has 248 valence electrons. The van der Waals surface area contributed by atoms with Crippen molar-refractivity contribution in [1.82, 2.24) is 14.7 Å². The number of nitrogens with one attached hydrogen (secondary N) is 1. The molecule has 0 aromatic heterocycles. The number of halogens is 1. The van der Waals surface area contributed by atoms with Crippen molar-refractivity contribution in [3.8, 4) is 5.75 Å². The van der Waals surface area contributed by atoms with Gasteiger partial charge < -0.3 is 29.9 Å². The minimum absolute atomic E-state index is 0.0244.